The van der Waals surface area contributed by atoms with Crippen LogP contribution in [0.5, 0.6) is 0 Å². The van der Waals surface area contributed by atoms with Crippen molar-refractivity contribution in [3.05, 3.63) is 92.4 Å². The molecule has 3 aromatic carbocycles. The summed E-state index contributed by atoms with van der Waals surface area (Å²) in [5.41, 5.74) is -0.333. The normalized spacial score (nSPS) is 18.4. The molecular formula is C23H20Cl3N5O4S. The molecule has 0 saturated carbocycles. The minimum absolute atomic E-state index is 0.0625. The van der Waals surface area contributed by atoms with Crippen LogP contribution >= 0.6 is 34.8 Å². The summed E-state index contributed by atoms with van der Waals surface area (Å²) in [4.78, 5) is 15.8. The molecule has 1 atom stereocenters. The van der Waals surface area contributed by atoms with Crippen LogP contribution in [0.2, 0.25) is 15.1 Å². The van der Waals surface area contributed by atoms with Gasteiger partial charge in [-0.2, -0.15) is 0 Å². The van der Waals surface area contributed by atoms with Crippen molar-refractivity contribution in [2.75, 3.05) is 18.4 Å². The molecule has 0 saturated heterocycles. The van der Waals surface area contributed by atoms with Crippen molar-refractivity contribution in [2.24, 2.45) is 10.1 Å². The Morgan fingerprint density at radius 3 is 2.33 bits per heavy atom. The van der Waals surface area contributed by atoms with Crippen molar-refractivity contribution < 1.29 is 18.3 Å². The predicted molar refractivity (Wildman–Crippen MR) is 140 cm³/mol. The second-order valence-electron chi connectivity index (χ2n) is 7.78. The van der Waals surface area contributed by atoms with E-state index in [1.54, 1.807) is 42.5 Å². The van der Waals surface area contributed by atoms with E-state index in [2.05, 4.69) is 20.9 Å². The third-order valence-electron chi connectivity index (χ3n) is 5.39. The zero-order valence-electron chi connectivity index (χ0n) is 18.4. The number of nitrogens with zero attached hydrogens (tertiary/aromatic N) is 1. The number of nitrogens with two attached hydrogens (primary N) is 1. The molecule has 3 aromatic rings. The summed E-state index contributed by atoms with van der Waals surface area (Å²) < 4.78 is 23.1. The van der Waals surface area contributed by atoms with Crippen LogP contribution in [0.15, 0.2) is 70.6 Å². The van der Waals surface area contributed by atoms with Crippen LogP contribution < -0.4 is 21.1 Å². The Balaban J connectivity index is 0.000000187. The lowest BCUT2D eigenvalue weighted by Gasteiger charge is -2.25. The molecule has 0 aliphatic carbocycles. The Labute approximate surface area is 222 Å². The number of anilines is 1. The highest BCUT2D eigenvalue weighted by Gasteiger charge is 2.43. The number of sulfonamides is 1. The Kier molecular flexibility index (Phi) is 7.46. The molecule has 2 aliphatic rings. The van der Waals surface area contributed by atoms with Gasteiger partial charge in [0.2, 0.25) is 10.0 Å². The molecular weight excluding hydrogens is 549 g/mol. The number of nitrogens with one attached hydrogen (secondary N) is 3. The number of para-hydroxylation sites is 1. The van der Waals surface area contributed by atoms with Gasteiger partial charge in [0.1, 0.15) is 4.90 Å². The van der Waals surface area contributed by atoms with Crippen molar-refractivity contribution in [3.63, 3.8) is 0 Å². The first kappa shape index (κ1) is 26.2. The van der Waals surface area contributed by atoms with Gasteiger partial charge in [0.15, 0.2) is 11.7 Å². The molecule has 0 aromatic heterocycles. The average molecular weight is 569 g/mol. The minimum Gasteiger partial charge on any atom is -0.363 e. The quantitative estimate of drug-likeness (QED) is 0.328. The second-order valence-corrected chi connectivity index (χ2v) is 10.5. The van der Waals surface area contributed by atoms with Gasteiger partial charge in [0, 0.05) is 23.2 Å². The second kappa shape index (κ2) is 10.3. The Morgan fingerprint density at radius 1 is 1.00 bits per heavy atom. The van der Waals surface area contributed by atoms with Crippen LogP contribution in [0, 0.1) is 0 Å². The van der Waals surface area contributed by atoms with Crippen LogP contribution in [0.4, 0.5) is 5.69 Å². The fourth-order valence-corrected chi connectivity index (χ4v) is 5.25. The zero-order chi connectivity index (χ0) is 26.1. The fraction of sp³-hybridized carbons (Fsp3) is 0.130. The standard InChI is InChI=1S/C14H11ClN2O4S.C9H9Cl2N3/c15-11-6-5-8(7-12(11)22(16,20)21)14(19)10-4-2-1-3-9(10)13(18)17-14;10-6-2-1-3-7(11)8(6)14-9-12-4-5-13-9/h1-7,19H,(H,17,18)(H2,16,20,21);1-3H,4-5H2,(H2,12,13,14). The highest BCUT2D eigenvalue weighted by molar-refractivity contribution is 7.89. The number of carbonyl (C=O) groups excluding carboxylic acids is 1. The van der Waals surface area contributed by atoms with E-state index in [9.17, 15) is 18.3 Å². The molecule has 2 aliphatic heterocycles. The van der Waals surface area contributed by atoms with Crippen LogP contribution in [-0.2, 0) is 15.7 Å². The molecule has 36 heavy (non-hydrogen) atoms. The molecule has 9 nitrogen and oxygen atoms in total. The molecule has 0 fully saturated rings. The van der Waals surface area contributed by atoms with Crippen LogP contribution in [0.25, 0.3) is 0 Å². The third-order valence-corrected chi connectivity index (χ3v) is 7.41. The lowest BCUT2D eigenvalue weighted by atomic mass is 9.94. The molecule has 2 heterocycles. The van der Waals surface area contributed by atoms with Gasteiger partial charge in [-0.05, 0) is 30.3 Å². The van der Waals surface area contributed by atoms with Gasteiger partial charge in [-0.1, -0.05) is 65.1 Å². The summed E-state index contributed by atoms with van der Waals surface area (Å²) in [6.07, 6.45) is 0. The van der Waals surface area contributed by atoms with Gasteiger partial charge in [0.25, 0.3) is 5.91 Å². The van der Waals surface area contributed by atoms with Crippen molar-refractivity contribution in [2.45, 2.75) is 10.6 Å². The van der Waals surface area contributed by atoms with E-state index < -0.39 is 21.7 Å². The monoisotopic (exact) mass is 567 g/mol. The first-order chi connectivity index (χ1) is 17.0. The first-order valence-electron chi connectivity index (χ1n) is 10.5. The van der Waals surface area contributed by atoms with Gasteiger partial charge in [-0.25, -0.2) is 13.6 Å². The molecule has 1 amide bonds. The number of fused-ring (bicyclic) bond motifs is 1. The van der Waals surface area contributed by atoms with Crippen molar-refractivity contribution in [3.8, 4) is 0 Å². The molecule has 13 heteroatoms. The molecule has 0 bridgehead atoms. The van der Waals surface area contributed by atoms with E-state index in [4.69, 9.17) is 39.9 Å². The van der Waals surface area contributed by atoms with Gasteiger partial charge >= 0.3 is 0 Å². The number of aliphatic hydroxyl groups is 1. The number of guanidine groups is 1. The summed E-state index contributed by atoms with van der Waals surface area (Å²) in [7, 11) is -4.06. The molecule has 0 radical (unpaired) electrons. The average Bonchev–Trinajstić information content (AvgIpc) is 3.43. The van der Waals surface area contributed by atoms with Crippen molar-refractivity contribution >= 4 is 62.4 Å². The van der Waals surface area contributed by atoms with E-state index in [0.717, 1.165) is 25.1 Å². The van der Waals surface area contributed by atoms with Crippen molar-refractivity contribution in [1.29, 1.82) is 0 Å². The summed E-state index contributed by atoms with van der Waals surface area (Å²) in [5, 5.41) is 25.7. The fourth-order valence-electron chi connectivity index (χ4n) is 3.69. The summed E-state index contributed by atoms with van der Waals surface area (Å²) in [5.74, 6) is 0.269. The largest absolute Gasteiger partial charge is 0.363 e. The zero-order valence-corrected chi connectivity index (χ0v) is 21.5. The smallest absolute Gasteiger partial charge is 0.254 e. The van der Waals surface area contributed by atoms with Gasteiger partial charge in [-0.15, -0.1) is 0 Å². The number of amides is 1. The van der Waals surface area contributed by atoms with E-state index in [-0.39, 0.29) is 15.5 Å². The van der Waals surface area contributed by atoms with Gasteiger partial charge in [-0.3, -0.25) is 9.79 Å². The maximum atomic E-state index is 12.0. The molecule has 0 spiro atoms. The van der Waals surface area contributed by atoms with Crippen LogP contribution in [-0.4, -0.2) is 38.5 Å². The van der Waals surface area contributed by atoms with Crippen LogP contribution in [0.3, 0.4) is 0 Å². The van der Waals surface area contributed by atoms with E-state index in [1.807, 2.05) is 0 Å². The number of halogens is 3. The number of carbonyl (C=O) groups is 1. The Hall–Kier alpha value is -2.86. The van der Waals surface area contributed by atoms with E-state index in [1.165, 1.54) is 12.1 Å². The number of benzene rings is 3. The number of aliphatic imine (C=N–C) groups is 1. The Morgan fingerprint density at radius 2 is 1.69 bits per heavy atom. The summed E-state index contributed by atoms with van der Waals surface area (Å²) in [6, 6.07) is 15.7. The summed E-state index contributed by atoms with van der Waals surface area (Å²) >= 11 is 17.8. The first-order valence-corrected chi connectivity index (χ1v) is 13.2. The number of hydrogen-bond donors (Lipinski definition) is 5. The lowest BCUT2D eigenvalue weighted by Crippen LogP contribution is -2.40. The van der Waals surface area contributed by atoms with E-state index >= 15 is 0 Å². The number of primary sulfonamides is 1. The molecule has 188 valence electrons. The molecule has 5 rings (SSSR count). The SMILES string of the molecule is Clc1cccc(Cl)c1NC1=NCCN1.NS(=O)(=O)c1cc(C2(O)NC(=O)c3ccccc32)ccc1Cl. The number of rotatable bonds is 3. The van der Waals surface area contributed by atoms with Crippen molar-refractivity contribution in [1.82, 2.24) is 10.6 Å². The molecule has 6 N–H and O–H groups in total. The summed E-state index contributed by atoms with van der Waals surface area (Å²) in [6.45, 7) is 1.63. The molecule has 1 unspecified atom stereocenters. The van der Waals surface area contributed by atoms with Gasteiger partial charge < -0.3 is 21.1 Å². The number of hydrogen-bond acceptors (Lipinski definition) is 7. The van der Waals surface area contributed by atoms with Gasteiger partial charge in [0.05, 0.1) is 27.3 Å². The Bertz CT molecular complexity index is 1460. The van der Waals surface area contributed by atoms with Crippen LogP contribution in [0.1, 0.15) is 21.5 Å². The predicted octanol–water partition coefficient (Wildman–Crippen LogP) is 3.29. The topological polar surface area (TPSA) is 146 Å². The maximum Gasteiger partial charge on any atom is 0.254 e. The lowest BCUT2D eigenvalue weighted by molar-refractivity contribution is 0.0474. The third kappa shape index (κ3) is 5.29. The maximum absolute atomic E-state index is 12.0. The highest BCUT2D eigenvalue weighted by Crippen LogP contribution is 2.36. The van der Waals surface area contributed by atoms with E-state index in [0.29, 0.717) is 26.9 Å². The minimum atomic E-state index is -4.06. The highest BCUT2D eigenvalue weighted by atomic mass is 35.5.